The van der Waals surface area contributed by atoms with Crippen molar-refractivity contribution >= 4 is 29.1 Å². The fourth-order valence-corrected chi connectivity index (χ4v) is 3.05. The van der Waals surface area contributed by atoms with Crippen LogP contribution in [0.2, 0.25) is 0 Å². The second kappa shape index (κ2) is 7.99. The van der Waals surface area contributed by atoms with Gasteiger partial charge in [0.15, 0.2) is 5.78 Å². The third-order valence-corrected chi connectivity index (χ3v) is 4.45. The molecule has 0 aliphatic carbocycles. The standard InChI is InChI=1S/C20H20FN3O3/c1-13(25)14-4-2-5-17(12-14)23-20(27)24-11-3-6-18(24)19(26)22-16-9-7-15(21)8-10-16/h2,4-5,7-10,12,18H,3,6,11H2,1H3,(H,22,26)(H,23,27)/t18-/m1/s1. The molecule has 3 amide bonds. The molecule has 0 radical (unpaired) electrons. The quantitative estimate of drug-likeness (QED) is 0.807. The molecule has 0 spiro atoms. The lowest BCUT2D eigenvalue weighted by molar-refractivity contribution is -0.119. The van der Waals surface area contributed by atoms with Crippen LogP contribution < -0.4 is 10.6 Å². The summed E-state index contributed by atoms with van der Waals surface area (Å²) in [5.41, 5.74) is 1.47. The van der Waals surface area contributed by atoms with Gasteiger partial charge in [0.25, 0.3) is 0 Å². The number of nitrogens with one attached hydrogen (secondary N) is 2. The zero-order chi connectivity index (χ0) is 19.4. The molecular formula is C20H20FN3O3. The van der Waals surface area contributed by atoms with Gasteiger partial charge in [-0.05, 0) is 56.2 Å². The lowest BCUT2D eigenvalue weighted by atomic mass is 10.1. The van der Waals surface area contributed by atoms with Crippen molar-refractivity contribution in [1.82, 2.24) is 4.90 Å². The molecular weight excluding hydrogens is 349 g/mol. The van der Waals surface area contributed by atoms with Crippen LogP contribution in [-0.4, -0.2) is 35.2 Å². The Hall–Kier alpha value is -3.22. The van der Waals surface area contributed by atoms with Crippen LogP contribution in [-0.2, 0) is 4.79 Å². The highest BCUT2D eigenvalue weighted by Crippen LogP contribution is 2.21. The number of carbonyl (C=O) groups excluding carboxylic acids is 3. The molecule has 2 N–H and O–H groups in total. The van der Waals surface area contributed by atoms with E-state index in [0.717, 1.165) is 0 Å². The number of hydrogen-bond acceptors (Lipinski definition) is 3. The summed E-state index contributed by atoms with van der Waals surface area (Å²) in [5, 5.41) is 5.45. The van der Waals surface area contributed by atoms with Gasteiger partial charge in [0.1, 0.15) is 11.9 Å². The second-order valence-electron chi connectivity index (χ2n) is 6.41. The van der Waals surface area contributed by atoms with Crippen LogP contribution in [0.25, 0.3) is 0 Å². The monoisotopic (exact) mass is 369 g/mol. The van der Waals surface area contributed by atoms with Crippen molar-refractivity contribution in [2.75, 3.05) is 17.2 Å². The Labute approximate surface area is 156 Å². The Morgan fingerprint density at radius 1 is 1.04 bits per heavy atom. The van der Waals surface area contributed by atoms with Gasteiger partial charge in [0.2, 0.25) is 5.91 Å². The van der Waals surface area contributed by atoms with Crippen molar-refractivity contribution in [2.45, 2.75) is 25.8 Å². The first-order chi connectivity index (χ1) is 12.9. The van der Waals surface area contributed by atoms with Crippen molar-refractivity contribution in [1.29, 1.82) is 0 Å². The molecule has 0 bridgehead atoms. The molecule has 1 atom stereocenters. The molecule has 7 heteroatoms. The molecule has 3 rings (SSSR count). The van der Waals surface area contributed by atoms with Gasteiger partial charge in [-0.25, -0.2) is 9.18 Å². The van der Waals surface area contributed by atoms with Gasteiger partial charge in [-0.1, -0.05) is 12.1 Å². The van der Waals surface area contributed by atoms with Crippen LogP contribution in [0.3, 0.4) is 0 Å². The van der Waals surface area contributed by atoms with Crippen molar-refractivity contribution in [2.24, 2.45) is 0 Å². The van der Waals surface area contributed by atoms with E-state index in [1.54, 1.807) is 24.3 Å². The third-order valence-electron chi connectivity index (χ3n) is 4.45. The fraction of sp³-hybridized carbons (Fsp3) is 0.250. The summed E-state index contributed by atoms with van der Waals surface area (Å²) < 4.78 is 13.0. The number of likely N-dealkylation sites (tertiary alicyclic amines) is 1. The average molecular weight is 369 g/mol. The lowest BCUT2D eigenvalue weighted by Crippen LogP contribution is -2.45. The number of hydrogen-bond donors (Lipinski definition) is 2. The summed E-state index contributed by atoms with van der Waals surface area (Å²) in [5.74, 6) is -0.793. The normalized spacial score (nSPS) is 16.1. The number of halogens is 1. The van der Waals surface area contributed by atoms with Crippen LogP contribution >= 0.6 is 0 Å². The van der Waals surface area contributed by atoms with Crippen LogP contribution in [0, 0.1) is 5.82 Å². The largest absolute Gasteiger partial charge is 0.324 e. The highest BCUT2D eigenvalue weighted by molar-refractivity contribution is 6.00. The molecule has 1 aliphatic heterocycles. The summed E-state index contributed by atoms with van der Waals surface area (Å²) in [6.45, 7) is 1.91. The van der Waals surface area contributed by atoms with Crippen LogP contribution in [0.5, 0.6) is 0 Å². The topological polar surface area (TPSA) is 78.5 Å². The van der Waals surface area contributed by atoms with Crippen LogP contribution in [0.4, 0.5) is 20.6 Å². The number of amides is 3. The van der Waals surface area contributed by atoms with Gasteiger partial charge in [-0.2, -0.15) is 0 Å². The number of benzene rings is 2. The number of carbonyl (C=O) groups is 3. The fourth-order valence-electron chi connectivity index (χ4n) is 3.05. The molecule has 1 fully saturated rings. The molecule has 2 aromatic carbocycles. The maximum Gasteiger partial charge on any atom is 0.322 e. The Kier molecular flexibility index (Phi) is 5.49. The molecule has 1 heterocycles. The number of urea groups is 1. The first kappa shape index (κ1) is 18.6. The van der Waals surface area contributed by atoms with Crippen molar-refractivity contribution in [3.63, 3.8) is 0 Å². The first-order valence-corrected chi connectivity index (χ1v) is 8.69. The summed E-state index contributed by atoms with van der Waals surface area (Å²) >= 11 is 0. The van der Waals surface area contributed by atoms with Crippen molar-refractivity contribution < 1.29 is 18.8 Å². The SMILES string of the molecule is CC(=O)c1cccc(NC(=O)N2CCC[C@@H]2C(=O)Nc2ccc(F)cc2)c1. The average Bonchev–Trinajstić information content (AvgIpc) is 3.14. The summed E-state index contributed by atoms with van der Waals surface area (Å²) in [6.07, 6.45) is 1.26. The van der Waals surface area contributed by atoms with Gasteiger partial charge in [0, 0.05) is 23.5 Å². The van der Waals surface area contributed by atoms with E-state index < -0.39 is 12.1 Å². The van der Waals surface area contributed by atoms with Crippen LogP contribution in [0.15, 0.2) is 48.5 Å². The van der Waals surface area contributed by atoms with E-state index in [-0.39, 0.29) is 17.5 Å². The van der Waals surface area contributed by atoms with Crippen molar-refractivity contribution in [3.05, 3.63) is 59.9 Å². The molecule has 0 aromatic heterocycles. The zero-order valence-corrected chi connectivity index (χ0v) is 14.9. The van der Waals surface area contributed by atoms with Crippen molar-refractivity contribution in [3.8, 4) is 0 Å². The van der Waals surface area contributed by atoms with E-state index in [1.807, 2.05) is 0 Å². The van der Waals surface area contributed by atoms with Crippen LogP contribution in [0.1, 0.15) is 30.1 Å². The molecule has 140 valence electrons. The van der Waals surface area contributed by atoms with E-state index >= 15 is 0 Å². The van der Waals surface area contributed by atoms with Gasteiger partial charge < -0.3 is 15.5 Å². The highest BCUT2D eigenvalue weighted by Gasteiger charge is 2.34. The molecule has 0 saturated carbocycles. The van der Waals surface area contributed by atoms with Gasteiger partial charge in [-0.15, -0.1) is 0 Å². The van der Waals surface area contributed by atoms with Gasteiger partial charge in [-0.3, -0.25) is 9.59 Å². The number of Topliss-reactive ketones (excluding diaryl/α,β-unsaturated/α-hetero) is 1. The van der Waals surface area contributed by atoms with Gasteiger partial charge in [0.05, 0.1) is 0 Å². The Morgan fingerprint density at radius 2 is 1.78 bits per heavy atom. The third kappa shape index (κ3) is 4.49. The molecule has 27 heavy (non-hydrogen) atoms. The minimum atomic E-state index is -0.606. The maximum absolute atomic E-state index is 13.0. The number of ketones is 1. The second-order valence-corrected chi connectivity index (χ2v) is 6.41. The Balaban J connectivity index is 1.67. The molecule has 2 aromatic rings. The predicted octanol–water partition coefficient (Wildman–Crippen LogP) is 3.66. The zero-order valence-electron chi connectivity index (χ0n) is 14.9. The predicted molar refractivity (Wildman–Crippen MR) is 100 cm³/mol. The minimum absolute atomic E-state index is 0.0937. The number of nitrogens with zero attached hydrogens (tertiary/aromatic N) is 1. The Morgan fingerprint density at radius 3 is 2.48 bits per heavy atom. The van der Waals surface area contributed by atoms with E-state index in [2.05, 4.69) is 10.6 Å². The Bertz CT molecular complexity index is 867. The summed E-state index contributed by atoms with van der Waals surface area (Å²) in [6, 6.07) is 11.1. The molecule has 6 nitrogen and oxygen atoms in total. The molecule has 1 aliphatic rings. The lowest BCUT2D eigenvalue weighted by Gasteiger charge is -2.24. The summed E-state index contributed by atoms with van der Waals surface area (Å²) in [7, 11) is 0. The van der Waals surface area contributed by atoms with E-state index in [1.165, 1.54) is 36.1 Å². The van der Waals surface area contributed by atoms with E-state index in [9.17, 15) is 18.8 Å². The van der Waals surface area contributed by atoms with Gasteiger partial charge >= 0.3 is 6.03 Å². The smallest absolute Gasteiger partial charge is 0.322 e. The highest BCUT2D eigenvalue weighted by atomic mass is 19.1. The number of anilines is 2. The minimum Gasteiger partial charge on any atom is -0.324 e. The first-order valence-electron chi connectivity index (χ1n) is 8.69. The van der Waals surface area contributed by atoms with E-state index in [0.29, 0.717) is 36.3 Å². The molecule has 0 unspecified atom stereocenters. The molecule has 1 saturated heterocycles. The van der Waals surface area contributed by atoms with E-state index in [4.69, 9.17) is 0 Å². The summed E-state index contributed by atoms with van der Waals surface area (Å²) in [4.78, 5) is 38.1. The number of rotatable bonds is 4. The maximum atomic E-state index is 13.0.